The van der Waals surface area contributed by atoms with Gasteiger partial charge >= 0.3 is 0 Å². The number of fused-ring (bicyclic) bond motifs is 1. The lowest BCUT2D eigenvalue weighted by molar-refractivity contribution is 0.753. The topological polar surface area (TPSA) is 42.2 Å². The average Bonchev–Trinajstić information content (AvgIpc) is 2.46. The van der Waals surface area contributed by atoms with E-state index in [0.717, 1.165) is 30.8 Å². The highest BCUT2D eigenvalue weighted by Gasteiger charge is 2.21. The van der Waals surface area contributed by atoms with E-state index in [1.165, 1.54) is 22.4 Å². The molecule has 0 aliphatic carbocycles. The zero-order valence-corrected chi connectivity index (χ0v) is 12.2. The molecule has 0 spiro atoms. The van der Waals surface area contributed by atoms with Gasteiger partial charge in [-0.15, -0.1) is 0 Å². The first kappa shape index (κ1) is 13.1. The van der Waals surface area contributed by atoms with Crippen molar-refractivity contribution in [1.29, 1.82) is 0 Å². The predicted octanol–water partition coefficient (Wildman–Crippen LogP) is 3.24. The summed E-state index contributed by atoms with van der Waals surface area (Å²) in [4.78, 5) is 6.93. The normalized spacial score (nSPS) is 14.2. The minimum Gasteiger partial charge on any atom is -0.326 e. The Bertz CT molecular complexity index is 634. The fraction of sp³-hybridized carbons (Fsp3) is 0.353. The van der Waals surface area contributed by atoms with Gasteiger partial charge in [-0.3, -0.25) is 0 Å². The Morgan fingerprint density at radius 2 is 2.10 bits per heavy atom. The number of aryl methyl sites for hydroxylation is 3. The van der Waals surface area contributed by atoms with Crippen LogP contribution in [-0.2, 0) is 13.0 Å². The third-order valence-electron chi connectivity index (χ3n) is 4.08. The SMILES string of the molecule is Cc1ccc2c(c1)CCCN2c1nccc(C)c1CN. The second kappa shape index (κ2) is 5.25. The molecule has 1 aromatic heterocycles. The quantitative estimate of drug-likeness (QED) is 0.908. The van der Waals surface area contributed by atoms with Crippen LogP contribution < -0.4 is 10.6 Å². The van der Waals surface area contributed by atoms with Gasteiger partial charge in [0.1, 0.15) is 5.82 Å². The fourth-order valence-corrected chi connectivity index (χ4v) is 3.01. The third kappa shape index (κ3) is 2.18. The summed E-state index contributed by atoms with van der Waals surface area (Å²) in [5.41, 5.74) is 12.3. The number of hydrogen-bond donors (Lipinski definition) is 1. The van der Waals surface area contributed by atoms with E-state index in [1.807, 2.05) is 12.3 Å². The van der Waals surface area contributed by atoms with Crippen molar-refractivity contribution in [1.82, 2.24) is 4.98 Å². The maximum atomic E-state index is 5.94. The van der Waals surface area contributed by atoms with E-state index in [1.54, 1.807) is 0 Å². The summed E-state index contributed by atoms with van der Waals surface area (Å²) in [6.45, 7) is 5.80. The highest BCUT2D eigenvalue weighted by Crippen LogP contribution is 2.35. The molecule has 0 saturated heterocycles. The van der Waals surface area contributed by atoms with Gasteiger partial charge in [-0.05, 0) is 49.9 Å². The highest BCUT2D eigenvalue weighted by molar-refractivity contribution is 5.68. The lowest BCUT2D eigenvalue weighted by atomic mass is 9.98. The molecule has 0 radical (unpaired) electrons. The molecule has 0 fully saturated rings. The van der Waals surface area contributed by atoms with Gasteiger partial charge in [0.15, 0.2) is 0 Å². The van der Waals surface area contributed by atoms with Crippen molar-refractivity contribution >= 4 is 11.5 Å². The molecule has 2 heterocycles. The summed E-state index contributed by atoms with van der Waals surface area (Å²) in [5, 5.41) is 0. The van der Waals surface area contributed by atoms with Crippen molar-refractivity contribution in [3.05, 3.63) is 52.7 Å². The van der Waals surface area contributed by atoms with Crippen molar-refractivity contribution in [3.63, 3.8) is 0 Å². The molecule has 1 aliphatic rings. The average molecular weight is 267 g/mol. The van der Waals surface area contributed by atoms with Crippen LogP contribution in [0.5, 0.6) is 0 Å². The van der Waals surface area contributed by atoms with Gasteiger partial charge in [0.25, 0.3) is 0 Å². The van der Waals surface area contributed by atoms with Crippen LogP contribution in [0.25, 0.3) is 0 Å². The number of nitrogens with zero attached hydrogens (tertiary/aromatic N) is 2. The molecule has 3 rings (SSSR count). The number of aromatic nitrogens is 1. The second-order valence-corrected chi connectivity index (χ2v) is 5.52. The molecule has 20 heavy (non-hydrogen) atoms. The maximum absolute atomic E-state index is 5.94. The minimum atomic E-state index is 0.534. The molecule has 0 amide bonds. The van der Waals surface area contributed by atoms with Crippen LogP contribution in [0.4, 0.5) is 11.5 Å². The lowest BCUT2D eigenvalue weighted by Crippen LogP contribution is -2.27. The van der Waals surface area contributed by atoms with E-state index in [2.05, 4.69) is 41.9 Å². The largest absolute Gasteiger partial charge is 0.326 e. The number of anilines is 2. The predicted molar refractivity (Wildman–Crippen MR) is 83.4 cm³/mol. The number of rotatable bonds is 2. The van der Waals surface area contributed by atoms with Crippen LogP contribution in [0.2, 0.25) is 0 Å². The monoisotopic (exact) mass is 267 g/mol. The number of hydrogen-bond acceptors (Lipinski definition) is 3. The number of benzene rings is 1. The Labute approximate surface area is 120 Å². The molecular weight excluding hydrogens is 246 g/mol. The lowest BCUT2D eigenvalue weighted by Gasteiger charge is -2.32. The first-order chi connectivity index (χ1) is 9.70. The Morgan fingerprint density at radius 1 is 1.25 bits per heavy atom. The summed E-state index contributed by atoms with van der Waals surface area (Å²) < 4.78 is 0. The number of pyridine rings is 1. The molecule has 3 nitrogen and oxygen atoms in total. The van der Waals surface area contributed by atoms with Gasteiger partial charge in [-0.2, -0.15) is 0 Å². The Balaban J connectivity index is 2.11. The molecule has 2 aromatic rings. The maximum Gasteiger partial charge on any atom is 0.137 e. The highest BCUT2D eigenvalue weighted by atomic mass is 15.2. The molecule has 3 heteroatoms. The molecule has 104 valence electrons. The fourth-order valence-electron chi connectivity index (χ4n) is 3.01. The third-order valence-corrected chi connectivity index (χ3v) is 4.08. The molecule has 0 unspecified atom stereocenters. The van der Waals surface area contributed by atoms with Crippen LogP contribution >= 0.6 is 0 Å². The van der Waals surface area contributed by atoms with Crippen molar-refractivity contribution in [2.24, 2.45) is 5.73 Å². The van der Waals surface area contributed by atoms with Crippen molar-refractivity contribution in [3.8, 4) is 0 Å². The Kier molecular flexibility index (Phi) is 3.45. The van der Waals surface area contributed by atoms with E-state index in [4.69, 9.17) is 5.73 Å². The van der Waals surface area contributed by atoms with Crippen LogP contribution in [-0.4, -0.2) is 11.5 Å². The second-order valence-electron chi connectivity index (χ2n) is 5.52. The van der Waals surface area contributed by atoms with Gasteiger partial charge < -0.3 is 10.6 Å². The number of nitrogens with two attached hydrogens (primary N) is 1. The molecular formula is C17H21N3. The first-order valence-corrected chi connectivity index (χ1v) is 7.22. The van der Waals surface area contributed by atoms with E-state index < -0.39 is 0 Å². The smallest absolute Gasteiger partial charge is 0.137 e. The van der Waals surface area contributed by atoms with Crippen LogP contribution in [0.1, 0.15) is 28.7 Å². The summed E-state index contributed by atoms with van der Waals surface area (Å²) in [6, 6.07) is 8.72. The van der Waals surface area contributed by atoms with Crippen molar-refractivity contribution < 1.29 is 0 Å². The molecule has 2 N–H and O–H groups in total. The molecule has 0 bridgehead atoms. The molecule has 1 aliphatic heterocycles. The molecule has 0 saturated carbocycles. The molecule has 0 atom stereocenters. The summed E-state index contributed by atoms with van der Waals surface area (Å²) in [6.07, 6.45) is 4.19. The van der Waals surface area contributed by atoms with E-state index >= 15 is 0 Å². The standard InChI is InChI=1S/C17H21N3/c1-12-5-6-16-14(10-12)4-3-9-20(16)17-15(11-18)13(2)7-8-19-17/h5-8,10H,3-4,9,11,18H2,1-2H3. The van der Waals surface area contributed by atoms with Gasteiger partial charge in [-0.1, -0.05) is 17.7 Å². The summed E-state index contributed by atoms with van der Waals surface area (Å²) in [5.74, 6) is 1.03. The van der Waals surface area contributed by atoms with Crippen molar-refractivity contribution in [2.75, 3.05) is 11.4 Å². The van der Waals surface area contributed by atoms with Crippen LogP contribution in [0.15, 0.2) is 30.5 Å². The summed E-state index contributed by atoms with van der Waals surface area (Å²) in [7, 11) is 0. The Hall–Kier alpha value is -1.87. The molecule has 1 aromatic carbocycles. The van der Waals surface area contributed by atoms with Crippen molar-refractivity contribution in [2.45, 2.75) is 33.2 Å². The Morgan fingerprint density at radius 3 is 2.90 bits per heavy atom. The first-order valence-electron chi connectivity index (χ1n) is 7.22. The zero-order chi connectivity index (χ0) is 14.1. The summed E-state index contributed by atoms with van der Waals surface area (Å²) >= 11 is 0. The van der Waals surface area contributed by atoms with E-state index in [0.29, 0.717) is 6.54 Å². The van der Waals surface area contributed by atoms with Crippen LogP contribution in [0.3, 0.4) is 0 Å². The van der Waals surface area contributed by atoms with E-state index in [9.17, 15) is 0 Å². The minimum absolute atomic E-state index is 0.534. The zero-order valence-electron chi connectivity index (χ0n) is 12.2. The van der Waals surface area contributed by atoms with Gasteiger partial charge in [0.2, 0.25) is 0 Å². The van der Waals surface area contributed by atoms with Gasteiger partial charge in [-0.25, -0.2) is 4.98 Å². The van der Waals surface area contributed by atoms with Crippen LogP contribution in [0, 0.1) is 13.8 Å². The van der Waals surface area contributed by atoms with Gasteiger partial charge in [0.05, 0.1) is 0 Å². The van der Waals surface area contributed by atoms with Gasteiger partial charge in [0, 0.05) is 30.5 Å². The van der Waals surface area contributed by atoms with E-state index in [-0.39, 0.29) is 0 Å².